The molecule has 0 unspecified atom stereocenters. The van der Waals surface area contributed by atoms with Gasteiger partial charge in [0.25, 0.3) is 5.91 Å². The molecule has 0 aliphatic rings. The van der Waals surface area contributed by atoms with Crippen molar-refractivity contribution < 1.29 is 18.7 Å². The lowest BCUT2D eigenvalue weighted by Crippen LogP contribution is -2.32. The third-order valence-corrected chi connectivity index (χ3v) is 4.14. The van der Waals surface area contributed by atoms with Crippen LogP contribution in [0.25, 0.3) is 0 Å². The minimum atomic E-state index is -0.370. The molecule has 2 rings (SSSR count). The maximum atomic E-state index is 13.0. The van der Waals surface area contributed by atoms with Gasteiger partial charge in [0.1, 0.15) is 18.2 Å². The molecule has 0 aliphatic carbocycles. The third kappa shape index (κ3) is 7.02. The fourth-order valence-electron chi connectivity index (χ4n) is 2.52. The lowest BCUT2D eigenvalue weighted by Gasteiger charge is -2.19. The van der Waals surface area contributed by atoms with Crippen molar-refractivity contribution in [1.29, 1.82) is 0 Å². The number of halogens is 1. The summed E-state index contributed by atoms with van der Waals surface area (Å²) in [5.41, 5.74) is 1.76. The van der Waals surface area contributed by atoms with E-state index >= 15 is 0 Å². The predicted octanol–water partition coefficient (Wildman–Crippen LogP) is 3.44. The highest BCUT2D eigenvalue weighted by Crippen LogP contribution is 2.22. The molecule has 0 aliphatic heterocycles. The summed E-state index contributed by atoms with van der Waals surface area (Å²) in [6.07, 6.45) is 0.172. The van der Waals surface area contributed by atoms with Gasteiger partial charge in [0.15, 0.2) is 0 Å². The molecule has 2 amide bonds. The normalized spacial score (nSPS) is 11.0. The molecular formula is C22H27FN2O3. The van der Waals surface area contributed by atoms with Gasteiger partial charge in [-0.3, -0.25) is 9.59 Å². The fraction of sp³-hybridized carbons (Fsp3) is 0.364. The Morgan fingerprint density at radius 2 is 1.71 bits per heavy atom. The number of amides is 2. The first-order valence-corrected chi connectivity index (χ1v) is 9.29. The van der Waals surface area contributed by atoms with Crippen molar-refractivity contribution in [2.45, 2.75) is 32.6 Å². The second-order valence-corrected chi connectivity index (χ2v) is 7.49. The molecule has 0 aromatic heterocycles. The van der Waals surface area contributed by atoms with Crippen LogP contribution in [0.3, 0.4) is 0 Å². The molecule has 2 N–H and O–H groups in total. The van der Waals surface area contributed by atoms with Gasteiger partial charge in [-0.15, -0.1) is 0 Å². The summed E-state index contributed by atoms with van der Waals surface area (Å²) in [5.74, 6) is -0.349. The number of hydrogen-bond donors (Lipinski definition) is 2. The van der Waals surface area contributed by atoms with Crippen molar-refractivity contribution in [1.82, 2.24) is 10.6 Å². The minimum absolute atomic E-state index is 0.0332. The Morgan fingerprint density at radius 1 is 1.00 bits per heavy atom. The second kappa shape index (κ2) is 9.88. The standard InChI is InChI=1S/C22H27FN2O3/c1-22(2,3)17-9-7-16(8-10-17)21(27)25-12-11-20(26)24-13-14-28-19-6-4-5-18(23)15-19/h4-10,15H,11-14H2,1-3H3,(H,24,26)(H,25,27). The Kier molecular flexibility index (Phi) is 7.55. The SMILES string of the molecule is CC(C)(C)c1ccc(C(=O)NCCC(=O)NCCOc2cccc(F)c2)cc1. The number of rotatable bonds is 8. The zero-order valence-electron chi connectivity index (χ0n) is 16.5. The Labute approximate surface area is 165 Å². The van der Waals surface area contributed by atoms with Crippen LogP contribution in [0, 0.1) is 5.82 Å². The highest BCUT2D eigenvalue weighted by atomic mass is 19.1. The molecule has 5 nitrogen and oxygen atoms in total. The molecule has 2 aromatic carbocycles. The molecule has 0 bridgehead atoms. The summed E-state index contributed by atoms with van der Waals surface area (Å²) in [6, 6.07) is 13.3. The predicted molar refractivity (Wildman–Crippen MR) is 107 cm³/mol. The highest BCUT2D eigenvalue weighted by Gasteiger charge is 2.14. The molecule has 28 heavy (non-hydrogen) atoms. The zero-order valence-corrected chi connectivity index (χ0v) is 16.5. The Balaban J connectivity index is 1.64. The third-order valence-electron chi connectivity index (χ3n) is 4.14. The maximum Gasteiger partial charge on any atom is 0.251 e. The summed E-state index contributed by atoms with van der Waals surface area (Å²) in [6.45, 7) is 7.13. The molecule has 0 heterocycles. The molecular weight excluding hydrogens is 359 g/mol. The van der Waals surface area contributed by atoms with Crippen molar-refractivity contribution in [2.24, 2.45) is 0 Å². The Bertz CT molecular complexity index is 798. The number of nitrogens with one attached hydrogen (secondary N) is 2. The molecule has 0 atom stereocenters. The van der Waals surface area contributed by atoms with E-state index in [9.17, 15) is 14.0 Å². The first kappa shape index (κ1) is 21.4. The van der Waals surface area contributed by atoms with Crippen LogP contribution in [0.5, 0.6) is 5.75 Å². The lowest BCUT2D eigenvalue weighted by atomic mass is 9.87. The van der Waals surface area contributed by atoms with E-state index in [2.05, 4.69) is 31.4 Å². The zero-order chi connectivity index (χ0) is 20.6. The quantitative estimate of drug-likeness (QED) is 0.683. The van der Waals surface area contributed by atoms with Crippen molar-refractivity contribution in [3.8, 4) is 5.75 Å². The number of carbonyl (C=O) groups excluding carboxylic acids is 2. The average molecular weight is 386 g/mol. The average Bonchev–Trinajstić information content (AvgIpc) is 2.64. The minimum Gasteiger partial charge on any atom is -0.492 e. The molecule has 0 spiro atoms. The molecule has 0 saturated carbocycles. The topological polar surface area (TPSA) is 67.4 Å². The van der Waals surface area contributed by atoms with Crippen LogP contribution in [0.1, 0.15) is 43.1 Å². The van der Waals surface area contributed by atoms with Gasteiger partial charge in [-0.1, -0.05) is 39.0 Å². The van der Waals surface area contributed by atoms with E-state index in [0.29, 0.717) is 17.9 Å². The van der Waals surface area contributed by atoms with Gasteiger partial charge in [0, 0.05) is 24.6 Å². The molecule has 6 heteroatoms. The van der Waals surface area contributed by atoms with Crippen LogP contribution in [-0.2, 0) is 10.2 Å². The van der Waals surface area contributed by atoms with Gasteiger partial charge < -0.3 is 15.4 Å². The van der Waals surface area contributed by atoms with Crippen molar-refractivity contribution in [2.75, 3.05) is 19.7 Å². The van der Waals surface area contributed by atoms with Crippen molar-refractivity contribution >= 4 is 11.8 Å². The smallest absolute Gasteiger partial charge is 0.251 e. The van der Waals surface area contributed by atoms with Crippen LogP contribution in [0.4, 0.5) is 4.39 Å². The molecule has 0 radical (unpaired) electrons. The van der Waals surface area contributed by atoms with E-state index in [0.717, 1.165) is 5.56 Å². The second-order valence-electron chi connectivity index (χ2n) is 7.49. The fourth-order valence-corrected chi connectivity index (χ4v) is 2.52. The largest absolute Gasteiger partial charge is 0.492 e. The summed E-state index contributed by atoms with van der Waals surface area (Å²) in [5, 5.41) is 5.43. The van der Waals surface area contributed by atoms with Crippen molar-refractivity contribution in [3.05, 3.63) is 65.5 Å². The van der Waals surface area contributed by atoms with Crippen LogP contribution >= 0.6 is 0 Å². The van der Waals surface area contributed by atoms with E-state index in [4.69, 9.17) is 4.74 Å². The first-order valence-electron chi connectivity index (χ1n) is 9.29. The summed E-state index contributed by atoms with van der Waals surface area (Å²) in [4.78, 5) is 23.9. The van der Waals surface area contributed by atoms with Gasteiger partial charge in [0.05, 0.1) is 6.54 Å². The molecule has 0 saturated heterocycles. The van der Waals surface area contributed by atoms with E-state index in [1.165, 1.54) is 12.1 Å². The van der Waals surface area contributed by atoms with Gasteiger partial charge in [0.2, 0.25) is 5.91 Å². The van der Waals surface area contributed by atoms with Crippen LogP contribution in [0.2, 0.25) is 0 Å². The number of hydrogen-bond acceptors (Lipinski definition) is 3. The molecule has 2 aromatic rings. The lowest BCUT2D eigenvalue weighted by molar-refractivity contribution is -0.121. The van der Waals surface area contributed by atoms with Crippen LogP contribution < -0.4 is 15.4 Å². The molecule has 0 fully saturated rings. The van der Waals surface area contributed by atoms with E-state index in [-0.39, 0.29) is 42.6 Å². The van der Waals surface area contributed by atoms with Crippen molar-refractivity contribution in [3.63, 3.8) is 0 Å². The Morgan fingerprint density at radius 3 is 2.36 bits per heavy atom. The van der Waals surface area contributed by atoms with Gasteiger partial charge in [-0.2, -0.15) is 0 Å². The van der Waals surface area contributed by atoms with Crippen LogP contribution in [0.15, 0.2) is 48.5 Å². The number of ether oxygens (including phenoxy) is 1. The maximum absolute atomic E-state index is 13.0. The number of benzene rings is 2. The van der Waals surface area contributed by atoms with E-state index in [1.807, 2.05) is 12.1 Å². The van der Waals surface area contributed by atoms with Gasteiger partial charge in [-0.25, -0.2) is 4.39 Å². The van der Waals surface area contributed by atoms with E-state index < -0.39 is 0 Å². The van der Waals surface area contributed by atoms with Gasteiger partial charge in [-0.05, 0) is 35.2 Å². The number of carbonyl (C=O) groups is 2. The Hall–Kier alpha value is -2.89. The summed E-state index contributed by atoms with van der Waals surface area (Å²) >= 11 is 0. The summed E-state index contributed by atoms with van der Waals surface area (Å²) in [7, 11) is 0. The van der Waals surface area contributed by atoms with Gasteiger partial charge >= 0.3 is 0 Å². The highest BCUT2D eigenvalue weighted by molar-refractivity contribution is 5.94. The molecule has 150 valence electrons. The first-order chi connectivity index (χ1) is 13.3. The van der Waals surface area contributed by atoms with Crippen LogP contribution in [-0.4, -0.2) is 31.5 Å². The van der Waals surface area contributed by atoms with E-state index in [1.54, 1.807) is 24.3 Å². The monoisotopic (exact) mass is 386 g/mol. The summed E-state index contributed by atoms with van der Waals surface area (Å²) < 4.78 is 18.4.